The number of rotatable bonds is 3. The molecule has 2 N–H and O–H groups in total. The minimum Gasteiger partial charge on any atom is -0.505 e. The van der Waals surface area contributed by atoms with Gasteiger partial charge in [0.05, 0.1) is 4.47 Å². The highest BCUT2D eigenvalue weighted by molar-refractivity contribution is 9.10. The molecule has 1 aliphatic heterocycles. The molecule has 3 nitrogen and oxygen atoms in total. The fourth-order valence-corrected chi connectivity index (χ4v) is 2.70. The summed E-state index contributed by atoms with van der Waals surface area (Å²) >= 11 is 2.77. The predicted molar refractivity (Wildman–Crippen MR) is 83.4 cm³/mol. The van der Waals surface area contributed by atoms with Crippen molar-refractivity contribution in [1.29, 1.82) is 0 Å². The maximum atomic E-state index is 13.5. The molecule has 0 aromatic heterocycles. The lowest BCUT2D eigenvalue weighted by Gasteiger charge is -2.35. The fourth-order valence-electron chi connectivity index (χ4n) is 2.28. The van der Waals surface area contributed by atoms with Crippen LogP contribution in [0.1, 0.15) is 11.6 Å². The quantitative estimate of drug-likeness (QED) is 0.570. The number of benzene rings is 1. The lowest BCUT2D eigenvalue weighted by molar-refractivity contribution is 0.0167. The van der Waals surface area contributed by atoms with Gasteiger partial charge in [-0.05, 0) is 22.0 Å². The molecule has 10 heteroatoms. The van der Waals surface area contributed by atoms with Gasteiger partial charge in [0.1, 0.15) is 6.04 Å². The van der Waals surface area contributed by atoms with E-state index in [1.54, 1.807) is 0 Å². The second kappa shape index (κ2) is 9.12. The van der Waals surface area contributed by atoms with Gasteiger partial charge in [0.2, 0.25) is 5.82 Å². The second-order valence-corrected chi connectivity index (χ2v) is 5.34. The van der Waals surface area contributed by atoms with Crippen molar-refractivity contribution in [2.45, 2.75) is 12.5 Å². The lowest BCUT2D eigenvalue weighted by Crippen LogP contribution is -2.47. The van der Waals surface area contributed by atoms with E-state index in [0.717, 1.165) is 6.07 Å². The second-order valence-electron chi connectivity index (χ2n) is 4.49. The highest BCUT2D eigenvalue weighted by Gasteiger charge is 2.34. The summed E-state index contributed by atoms with van der Waals surface area (Å²) in [5.41, 5.74) is -0.312. The maximum absolute atomic E-state index is 13.5. The first-order valence-corrected chi connectivity index (χ1v) is 6.82. The van der Waals surface area contributed by atoms with E-state index >= 15 is 0 Å². The summed E-state index contributed by atoms with van der Waals surface area (Å²) in [6.45, 7) is 1.72. The Balaban J connectivity index is 0.00000220. The Kier molecular flexibility index (Phi) is 9.01. The first kappa shape index (κ1) is 21.7. The van der Waals surface area contributed by atoms with Crippen LogP contribution in [0.5, 0.6) is 5.75 Å². The molecule has 1 heterocycles. The molecule has 1 aromatic carbocycles. The van der Waals surface area contributed by atoms with Crippen LogP contribution in [-0.4, -0.2) is 42.6 Å². The minimum atomic E-state index is -2.82. The predicted octanol–water partition coefficient (Wildman–Crippen LogP) is 3.49. The Bertz CT molecular complexity index is 505. The molecule has 128 valence electrons. The first-order valence-electron chi connectivity index (χ1n) is 6.02. The van der Waals surface area contributed by atoms with Crippen molar-refractivity contribution < 1.29 is 22.7 Å². The van der Waals surface area contributed by atoms with Gasteiger partial charge in [-0.3, -0.25) is 4.90 Å². The van der Waals surface area contributed by atoms with Gasteiger partial charge < -0.3 is 10.4 Å². The van der Waals surface area contributed by atoms with E-state index in [1.165, 1.54) is 4.90 Å². The molecule has 2 rings (SSSR count). The Labute approximate surface area is 146 Å². The Morgan fingerprint density at radius 2 is 1.68 bits per heavy atom. The molecule has 0 bridgehead atoms. The van der Waals surface area contributed by atoms with E-state index in [9.17, 15) is 22.7 Å². The van der Waals surface area contributed by atoms with Crippen molar-refractivity contribution in [1.82, 2.24) is 10.2 Å². The molecule has 1 saturated heterocycles. The molecule has 1 atom stereocenters. The van der Waals surface area contributed by atoms with Crippen LogP contribution in [0.2, 0.25) is 0 Å². The zero-order valence-corrected chi connectivity index (χ0v) is 14.4. The largest absolute Gasteiger partial charge is 0.505 e. The summed E-state index contributed by atoms with van der Waals surface area (Å²) in [5, 5.41) is 12.7. The SMILES string of the molecule is Cl.Cl.Oc1c([C@@H](C(F)F)N2CCNCC2)cc(Br)c(F)c1F. The van der Waals surface area contributed by atoms with Gasteiger partial charge in [-0.25, -0.2) is 13.2 Å². The average molecular weight is 430 g/mol. The molecule has 0 saturated carbocycles. The molecule has 0 aliphatic carbocycles. The van der Waals surface area contributed by atoms with E-state index in [0.29, 0.717) is 26.2 Å². The van der Waals surface area contributed by atoms with Crippen LogP contribution in [0, 0.1) is 11.6 Å². The zero-order chi connectivity index (χ0) is 14.9. The summed E-state index contributed by atoms with van der Waals surface area (Å²) in [5.74, 6) is -3.87. The van der Waals surface area contributed by atoms with Gasteiger partial charge in [0.25, 0.3) is 6.43 Å². The molecule has 1 fully saturated rings. The van der Waals surface area contributed by atoms with Gasteiger partial charge >= 0.3 is 0 Å². The Morgan fingerprint density at radius 3 is 2.18 bits per heavy atom. The molecular formula is C12H15BrCl2F4N2O. The smallest absolute Gasteiger partial charge is 0.258 e. The molecule has 0 radical (unpaired) electrons. The third-order valence-corrected chi connectivity index (χ3v) is 3.85. The van der Waals surface area contributed by atoms with Crippen LogP contribution in [0.3, 0.4) is 0 Å². The van der Waals surface area contributed by atoms with Crippen LogP contribution < -0.4 is 5.32 Å². The van der Waals surface area contributed by atoms with Crippen molar-refractivity contribution in [3.8, 4) is 5.75 Å². The van der Waals surface area contributed by atoms with Crippen LogP contribution in [-0.2, 0) is 0 Å². The Morgan fingerprint density at radius 1 is 1.14 bits per heavy atom. The third kappa shape index (κ3) is 4.38. The zero-order valence-electron chi connectivity index (χ0n) is 11.2. The van der Waals surface area contributed by atoms with Crippen molar-refractivity contribution in [2.75, 3.05) is 26.2 Å². The summed E-state index contributed by atoms with van der Waals surface area (Å²) in [6, 6.07) is -0.462. The number of hydrogen-bond donors (Lipinski definition) is 2. The number of alkyl halides is 2. The van der Waals surface area contributed by atoms with Gasteiger partial charge in [0, 0.05) is 31.7 Å². The number of aromatic hydroxyl groups is 1. The summed E-state index contributed by atoms with van der Waals surface area (Å²) < 4.78 is 53.1. The minimum absolute atomic E-state index is 0. The molecule has 0 unspecified atom stereocenters. The molecule has 0 amide bonds. The Hall–Kier alpha value is -0.280. The average Bonchev–Trinajstić information content (AvgIpc) is 2.43. The summed E-state index contributed by atoms with van der Waals surface area (Å²) in [7, 11) is 0. The highest BCUT2D eigenvalue weighted by Crippen LogP contribution is 2.38. The number of phenols is 1. The topological polar surface area (TPSA) is 35.5 Å². The lowest BCUT2D eigenvalue weighted by atomic mass is 10.0. The van der Waals surface area contributed by atoms with Gasteiger partial charge in [0.15, 0.2) is 11.6 Å². The van der Waals surface area contributed by atoms with Gasteiger partial charge in [-0.2, -0.15) is 4.39 Å². The summed E-state index contributed by atoms with van der Waals surface area (Å²) in [4.78, 5) is 1.44. The molecule has 22 heavy (non-hydrogen) atoms. The number of nitrogens with zero attached hydrogens (tertiary/aromatic N) is 1. The van der Waals surface area contributed by atoms with E-state index in [4.69, 9.17) is 0 Å². The summed E-state index contributed by atoms with van der Waals surface area (Å²) in [6.07, 6.45) is -2.82. The van der Waals surface area contributed by atoms with Gasteiger partial charge in [-0.1, -0.05) is 0 Å². The maximum Gasteiger partial charge on any atom is 0.258 e. The van der Waals surface area contributed by atoms with E-state index in [2.05, 4.69) is 21.2 Å². The van der Waals surface area contributed by atoms with Crippen LogP contribution in [0.25, 0.3) is 0 Å². The first-order chi connectivity index (χ1) is 9.43. The monoisotopic (exact) mass is 428 g/mol. The highest BCUT2D eigenvalue weighted by atomic mass is 79.9. The number of hydrogen-bond acceptors (Lipinski definition) is 3. The van der Waals surface area contributed by atoms with Crippen molar-refractivity contribution in [2.24, 2.45) is 0 Å². The normalized spacial score (nSPS) is 16.8. The molecule has 1 aromatic rings. The third-order valence-electron chi connectivity index (χ3n) is 3.27. The molecule has 0 spiro atoms. The van der Waals surface area contributed by atoms with Crippen LogP contribution in [0.15, 0.2) is 10.5 Å². The number of phenolic OH excluding ortho intramolecular Hbond substituents is 1. The van der Waals surface area contributed by atoms with Crippen molar-refractivity contribution >= 4 is 40.7 Å². The molecule has 1 aliphatic rings. The van der Waals surface area contributed by atoms with E-state index < -0.39 is 29.9 Å². The van der Waals surface area contributed by atoms with E-state index in [-0.39, 0.29) is 34.9 Å². The molecular weight excluding hydrogens is 415 g/mol. The van der Waals surface area contributed by atoms with Gasteiger partial charge in [-0.15, -0.1) is 24.8 Å². The number of piperazine rings is 1. The van der Waals surface area contributed by atoms with Crippen LogP contribution >= 0.6 is 40.7 Å². The fraction of sp³-hybridized carbons (Fsp3) is 0.500. The van der Waals surface area contributed by atoms with Crippen LogP contribution in [0.4, 0.5) is 17.6 Å². The van der Waals surface area contributed by atoms with E-state index in [1.807, 2.05) is 0 Å². The van der Waals surface area contributed by atoms with Crippen molar-refractivity contribution in [3.05, 3.63) is 27.7 Å². The van der Waals surface area contributed by atoms with Crippen molar-refractivity contribution in [3.63, 3.8) is 0 Å². The number of halogens is 7. The number of nitrogens with one attached hydrogen (secondary N) is 1. The standard InChI is InChI=1S/C12H13BrF4N2O.2ClH/c13-7-5-6(11(20)9(15)8(7)14)10(12(16)17)19-3-1-18-2-4-19;;/h5,10,12,18,20H,1-4H2;2*1H/t10-;;/m0../s1.